The van der Waals surface area contributed by atoms with Crippen LogP contribution in [0.2, 0.25) is 5.02 Å². The highest BCUT2D eigenvalue weighted by molar-refractivity contribution is 6.30. The Balaban J connectivity index is 1.35. The minimum atomic E-state index is -3.00. The van der Waals surface area contributed by atoms with Crippen molar-refractivity contribution in [1.82, 2.24) is 20.2 Å². The molecule has 3 heterocycles. The number of piperidine rings is 1. The van der Waals surface area contributed by atoms with Gasteiger partial charge in [0.2, 0.25) is 11.9 Å². The van der Waals surface area contributed by atoms with Crippen molar-refractivity contribution in [3.05, 3.63) is 52.6 Å². The average Bonchev–Trinajstić information content (AvgIpc) is 3.32. The maximum Gasteiger partial charge on any atom is 0.408 e. The summed E-state index contributed by atoms with van der Waals surface area (Å²) in [6.07, 6.45) is 4.26. The van der Waals surface area contributed by atoms with Crippen molar-refractivity contribution in [3.63, 3.8) is 0 Å². The molecule has 0 radical (unpaired) electrons. The lowest BCUT2D eigenvalue weighted by molar-refractivity contribution is -0.133. The van der Waals surface area contributed by atoms with Crippen molar-refractivity contribution in [2.75, 3.05) is 31.1 Å². The van der Waals surface area contributed by atoms with Gasteiger partial charge in [-0.1, -0.05) is 36.4 Å². The van der Waals surface area contributed by atoms with Crippen LogP contribution in [0.4, 0.5) is 23.9 Å². The Hall–Kier alpha value is -3.52. The molecule has 2 atom stereocenters. The summed E-state index contributed by atoms with van der Waals surface area (Å²) in [6, 6.07) is 3.17. The van der Waals surface area contributed by atoms with E-state index in [-0.39, 0.29) is 18.5 Å². The highest BCUT2D eigenvalue weighted by Gasteiger charge is 2.42. The van der Waals surface area contributed by atoms with Crippen molar-refractivity contribution in [1.29, 1.82) is 0 Å². The number of hydrogen-bond donors (Lipinski definition) is 1. The summed E-state index contributed by atoms with van der Waals surface area (Å²) in [4.78, 5) is 37.3. The molecule has 2 fully saturated rings. The number of alkyl carbamates (subject to hydrolysis) is 1. The Bertz CT molecular complexity index is 1380. The number of benzene rings is 1. The molecule has 4 rings (SSSR count). The number of likely N-dealkylation sites (tertiary alicyclic amines) is 1. The quantitative estimate of drug-likeness (QED) is 0.384. The van der Waals surface area contributed by atoms with Crippen molar-refractivity contribution < 1.29 is 27.5 Å². The van der Waals surface area contributed by atoms with E-state index in [0.717, 1.165) is 30.8 Å². The number of anilines is 1. The van der Waals surface area contributed by atoms with Gasteiger partial charge in [-0.15, -0.1) is 0 Å². The zero-order valence-electron chi connectivity index (χ0n) is 25.5. The van der Waals surface area contributed by atoms with Crippen LogP contribution in [-0.4, -0.2) is 70.6 Å². The zero-order chi connectivity index (χ0) is 32.1. The van der Waals surface area contributed by atoms with Gasteiger partial charge >= 0.3 is 6.09 Å². The van der Waals surface area contributed by atoms with Crippen LogP contribution in [0.1, 0.15) is 64.5 Å². The fourth-order valence-electron chi connectivity index (χ4n) is 5.42. The van der Waals surface area contributed by atoms with Gasteiger partial charge in [-0.3, -0.25) is 4.79 Å². The van der Waals surface area contributed by atoms with Crippen molar-refractivity contribution in [2.45, 2.75) is 77.4 Å². The lowest BCUT2D eigenvalue weighted by atomic mass is 9.84. The molecule has 8 nitrogen and oxygen atoms in total. The molecule has 2 amide bonds. The van der Waals surface area contributed by atoms with Gasteiger partial charge in [0, 0.05) is 44.5 Å². The molecule has 1 aromatic carbocycles. The molecule has 1 N–H and O–H groups in total. The number of nitrogens with one attached hydrogen (secondary N) is 1. The van der Waals surface area contributed by atoms with Crippen LogP contribution in [0.15, 0.2) is 30.6 Å². The Kier molecular flexibility index (Phi) is 10.7. The highest BCUT2D eigenvalue weighted by atomic mass is 35.5. The van der Waals surface area contributed by atoms with Gasteiger partial charge in [0.25, 0.3) is 5.92 Å². The van der Waals surface area contributed by atoms with Gasteiger partial charge in [-0.2, -0.15) is 0 Å². The first kappa shape index (κ1) is 33.4. The molecule has 0 saturated carbocycles. The summed E-state index contributed by atoms with van der Waals surface area (Å²) < 4.78 is 48.0. The van der Waals surface area contributed by atoms with E-state index < -0.39 is 48.3 Å². The number of ether oxygens (including phenoxy) is 1. The van der Waals surface area contributed by atoms with Crippen molar-refractivity contribution >= 4 is 29.5 Å². The Morgan fingerprint density at radius 1 is 1.18 bits per heavy atom. The third-order valence-electron chi connectivity index (χ3n) is 7.84. The molecule has 2 aliphatic heterocycles. The van der Waals surface area contributed by atoms with E-state index in [0.29, 0.717) is 34.8 Å². The number of aromatic nitrogens is 2. The van der Waals surface area contributed by atoms with Gasteiger partial charge in [0.15, 0.2) is 0 Å². The lowest BCUT2D eigenvalue weighted by Crippen LogP contribution is -2.50. The summed E-state index contributed by atoms with van der Waals surface area (Å²) >= 11 is 5.89. The van der Waals surface area contributed by atoms with Crippen molar-refractivity contribution in [2.24, 2.45) is 11.8 Å². The number of alkyl halides is 2. The normalized spacial score (nSPS) is 18.3. The van der Waals surface area contributed by atoms with Crippen LogP contribution in [0.25, 0.3) is 0 Å². The topological polar surface area (TPSA) is 87.7 Å². The highest BCUT2D eigenvalue weighted by Crippen LogP contribution is 2.29. The monoisotopic (exact) mass is 633 g/mol. The molecule has 2 saturated heterocycles. The minimum absolute atomic E-state index is 0.149. The summed E-state index contributed by atoms with van der Waals surface area (Å²) in [5.74, 6) is 3.41. The number of hydrogen-bond acceptors (Lipinski definition) is 6. The largest absolute Gasteiger partial charge is 0.444 e. The average molecular weight is 634 g/mol. The molecule has 12 heteroatoms. The second-order valence-electron chi connectivity index (χ2n) is 12.6. The number of amides is 2. The first-order valence-electron chi connectivity index (χ1n) is 14.8. The standard InChI is InChI=1S/C32H39ClF3N5O3/c1-21(23-10-13-40(14-11-23)29-37-18-25(33)19-38-29)6-5-7-22-8-9-24(26(34)16-22)17-27(39-30(43)44-31(2,3)4)28(42)41-15-12-32(35,36)20-41/h8-9,16,18-19,21,23,27H,6,10-15,17,20H2,1-4H3,(H,39,43)/t21-,27+/m1/s1. The Morgan fingerprint density at radius 3 is 2.45 bits per heavy atom. The van der Waals surface area contributed by atoms with Crippen LogP contribution in [0, 0.1) is 29.5 Å². The summed E-state index contributed by atoms with van der Waals surface area (Å²) in [7, 11) is 0. The van der Waals surface area contributed by atoms with Crippen LogP contribution >= 0.6 is 11.6 Å². The molecular formula is C32H39ClF3N5O3. The number of halogens is 4. The molecule has 0 unspecified atom stereocenters. The molecule has 1 aromatic heterocycles. The van der Waals surface area contributed by atoms with Crippen LogP contribution in [0.5, 0.6) is 0 Å². The van der Waals surface area contributed by atoms with Crippen LogP contribution in [-0.2, 0) is 16.0 Å². The molecule has 0 spiro atoms. The molecular weight excluding hydrogens is 595 g/mol. The van der Waals surface area contributed by atoms with Gasteiger partial charge in [-0.25, -0.2) is 27.9 Å². The second-order valence-corrected chi connectivity index (χ2v) is 13.0. The molecule has 2 aliphatic rings. The van der Waals surface area contributed by atoms with Crippen LogP contribution in [0.3, 0.4) is 0 Å². The number of carbonyl (C=O) groups excluding carboxylic acids is 2. The minimum Gasteiger partial charge on any atom is -0.444 e. The maximum absolute atomic E-state index is 15.2. The zero-order valence-corrected chi connectivity index (χ0v) is 26.3. The van der Waals surface area contributed by atoms with Crippen LogP contribution < -0.4 is 10.2 Å². The summed E-state index contributed by atoms with van der Waals surface area (Å²) in [6.45, 7) is 7.95. The number of carbonyl (C=O) groups is 2. The Morgan fingerprint density at radius 2 is 1.86 bits per heavy atom. The third kappa shape index (κ3) is 9.49. The SMILES string of the molecule is C[C@H](CC#Cc1ccc(C[C@H](NC(=O)OC(C)(C)C)C(=O)N2CCC(F)(F)C2)c(F)c1)C1CCN(c2ncc(Cl)cn2)CC1. The van der Waals surface area contributed by atoms with E-state index in [4.69, 9.17) is 16.3 Å². The predicted molar refractivity (Wildman–Crippen MR) is 162 cm³/mol. The van der Waals surface area contributed by atoms with E-state index in [1.165, 1.54) is 12.1 Å². The number of rotatable bonds is 7. The van der Waals surface area contributed by atoms with Gasteiger partial charge in [0.1, 0.15) is 17.5 Å². The van der Waals surface area contributed by atoms with Gasteiger partial charge < -0.3 is 19.9 Å². The fourth-order valence-corrected chi connectivity index (χ4v) is 5.52. The smallest absolute Gasteiger partial charge is 0.408 e. The maximum atomic E-state index is 15.2. The van der Waals surface area contributed by atoms with E-state index in [9.17, 15) is 18.4 Å². The van der Waals surface area contributed by atoms with Gasteiger partial charge in [0.05, 0.1) is 24.0 Å². The first-order chi connectivity index (χ1) is 20.7. The summed E-state index contributed by atoms with van der Waals surface area (Å²) in [5.41, 5.74) is -0.207. The predicted octanol–water partition coefficient (Wildman–Crippen LogP) is 5.87. The first-order valence-corrected chi connectivity index (χ1v) is 15.2. The second kappa shape index (κ2) is 14.1. The Labute approximate surface area is 261 Å². The van der Waals surface area contributed by atoms with Crippen molar-refractivity contribution in [3.8, 4) is 11.8 Å². The van der Waals surface area contributed by atoms with E-state index in [2.05, 4.69) is 38.9 Å². The van der Waals surface area contributed by atoms with E-state index in [1.807, 2.05) is 0 Å². The molecule has 2 aromatic rings. The lowest BCUT2D eigenvalue weighted by Gasteiger charge is -2.34. The third-order valence-corrected chi connectivity index (χ3v) is 8.03. The fraction of sp³-hybridized carbons (Fsp3) is 0.562. The molecule has 238 valence electrons. The van der Waals surface area contributed by atoms with E-state index >= 15 is 4.39 Å². The molecule has 0 aliphatic carbocycles. The number of nitrogens with zero attached hydrogens (tertiary/aromatic N) is 4. The van der Waals surface area contributed by atoms with E-state index in [1.54, 1.807) is 39.2 Å². The summed E-state index contributed by atoms with van der Waals surface area (Å²) in [5, 5.41) is 2.96. The molecule has 44 heavy (non-hydrogen) atoms. The van der Waals surface area contributed by atoms with Gasteiger partial charge in [-0.05, 0) is 63.1 Å². The molecule has 0 bridgehead atoms.